The van der Waals surface area contributed by atoms with Crippen LogP contribution in [0.5, 0.6) is 0 Å². The minimum absolute atomic E-state index is 0.0836. The van der Waals surface area contributed by atoms with Crippen molar-refractivity contribution in [2.75, 3.05) is 0 Å². The molecule has 4 N–H and O–H groups in total. The highest BCUT2D eigenvalue weighted by molar-refractivity contribution is 7.92. The van der Waals surface area contributed by atoms with E-state index in [0.717, 1.165) is 6.07 Å². The topological polar surface area (TPSA) is 146 Å². The lowest BCUT2D eigenvalue weighted by molar-refractivity contribution is 0.585. The molecule has 120 valence electrons. The van der Waals surface area contributed by atoms with E-state index >= 15 is 0 Å². The Morgan fingerprint density at radius 3 is 2.09 bits per heavy atom. The van der Waals surface area contributed by atoms with E-state index in [1.165, 1.54) is 6.07 Å². The zero-order valence-corrected chi connectivity index (χ0v) is 13.1. The third-order valence-corrected chi connectivity index (χ3v) is 5.15. The Morgan fingerprint density at radius 2 is 1.52 bits per heavy atom. The van der Waals surface area contributed by atoms with E-state index in [-0.39, 0.29) is 17.0 Å². The van der Waals surface area contributed by atoms with Crippen molar-refractivity contribution in [1.82, 2.24) is 4.98 Å². The van der Waals surface area contributed by atoms with Gasteiger partial charge in [0.15, 0.2) is 5.58 Å². The van der Waals surface area contributed by atoms with Gasteiger partial charge in [-0.3, -0.25) is 0 Å². The van der Waals surface area contributed by atoms with Gasteiger partial charge in [-0.05, 0) is 24.3 Å². The number of hydrogen-bond acceptors (Lipinski definition) is 6. The smallest absolute Gasteiger partial charge is 0.241 e. The molecular formula is C13H11N3O5S2. The Hall–Kier alpha value is -2.27. The van der Waals surface area contributed by atoms with Gasteiger partial charge in [-0.25, -0.2) is 32.1 Å². The second-order valence-corrected chi connectivity index (χ2v) is 7.74. The van der Waals surface area contributed by atoms with E-state index in [0.29, 0.717) is 5.56 Å². The van der Waals surface area contributed by atoms with Crippen molar-refractivity contribution in [3.05, 3.63) is 42.5 Å². The number of primary sulfonamides is 2. The third kappa shape index (κ3) is 2.84. The quantitative estimate of drug-likeness (QED) is 0.711. The van der Waals surface area contributed by atoms with Gasteiger partial charge in [-0.15, -0.1) is 0 Å². The molecule has 0 saturated heterocycles. The van der Waals surface area contributed by atoms with E-state index < -0.39 is 29.8 Å². The summed E-state index contributed by atoms with van der Waals surface area (Å²) in [5.74, 6) is 0.136. The summed E-state index contributed by atoms with van der Waals surface area (Å²) in [4.78, 5) is 2.78. The zero-order chi connectivity index (χ0) is 16.8. The number of oxazole rings is 1. The molecule has 3 rings (SSSR count). The fourth-order valence-corrected chi connectivity index (χ4v) is 4.23. The van der Waals surface area contributed by atoms with E-state index in [1.54, 1.807) is 30.3 Å². The van der Waals surface area contributed by atoms with Crippen LogP contribution in [0.1, 0.15) is 0 Å². The molecule has 10 heteroatoms. The molecule has 0 aliphatic carbocycles. The summed E-state index contributed by atoms with van der Waals surface area (Å²) in [6.07, 6.45) is 0. The highest BCUT2D eigenvalue weighted by Crippen LogP contribution is 2.31. The number of rotatable bonds is 3. The Balaban J connectivity index is 2.41. The first kappa shape index (κ1) is 15.6. The number of aromatic nitrogens is 1. The Bertz CT molecular complexity index is 1100. The van der Waals surface area contributed by atoms with Crippen LogP contribution < -0.4 is 10.3 Å². The number of sulfonamides is 2. The van der Waals surface area contributed by atoms with Crippen LogP contribution in [0.3, 0.4) is 0 Å². The number of fused-ring (bicyclic) bond motifs is 1. The maximum absolute atomic E-state index is 11.8. The van der Waals surface area contributed by atoms with E-state index in [1.807, 2.05) is 0 Å². The summed E-state index contributed by atoms with van der Waals surface area (Å²) in [5, 5.41) is 10.2. The molecule has 0 fully saturated rings. The average molecular weight is 353 g/mol. The number of benzene rings is 2. The minimum atomic E-state index is -4.39. The fraction of sp³-hybridized carbons (Fsp3) is 0. The van der Waals surface area contributed by atoms with Gasteiger partial charge in [0.25, 0.3) is 0 Å². The van der Waals surface area contributed by atoms with Gasteiger partial charge in [0.1, 0.15) is 15.3 Å². The summed E-state index contributed by atoms with van der Waals surface area (Å²) in [6, 6.07) is 11.0. The van der Waals surface area contributed by atoms with Crippen LogP contribution in [0.2, 0.25) is 0 Å². The van der Waals surface area contributed by atoms with Gasteiger partial charge in [-0.1, -0.05) is 18.2 Å². The summed E-state index contributed by atoms with van der Waals surface area (Å²) in [7, 11) is -8.70. The molecule has 0 aliphatic heterocycles. The maximum Gasteiger partial charge on any atom is 0.241 e. The van der Waals surface area contributed by atoms with Gasteiger partial charge in [-0.2, -0.15) is 0 Å². The number of hydrogen-bond donors (Lipinski definition) is 2. The SMILES string of the molecule is NS(=O)(=O)c1ccc2oc(-c3ccccc3)nc2c1S(N)(=O)=O. The molecule has 2 aromatic carbocycles. The van der Waals surface area contributed by atoms with Gasteiger partial charge < -0.3 is 4.42 Å². The minimum Gasteiger partial charge on any atom is -0.436 e. The molecule has 0 amide bonds. The summed E-state index contributed by atoms with van der Waals surface area (Å²) < 4.78 is 52.4. The average Bonchev–Trinajstić information content (AvgIpc) is 2.88. The van der Waals surface area contributed by atoms with Gasteiger partial charge in [0.2, 0.25) is 25.9 Å². The lowest BCUT2D eigenvalue weighted by atomic mass is 10.2. The Labute approximate surface area is 131 Å². The first-order chi connectivity index (χ1) is 10.7. The Morgan fingerprint density at radius 1 is 0.870 bits per heavy atom. The molecule has 0 atom stereocenters. The lowest BCUT2D eigenvalue weighted by Crippen LogP contribution is -2.21. The van der Waals surface area contributed by atoms with Crippen molar-refractivity contribution in [3.63, 3.8) is 0 Å². The first-order valence-electron chi connectivity index (χ1n) is 6.22. The maximum atomic E-state index is 11.8. The fourth-order valence-electron chi connectivity index (χ4n) is 2.15. The molecule has 1 heterocycles. The first-order valence-corrected chi connectivity index (χ1v) is 9.32. The molecule has 0 unspecified atom stereocenters. The summed E-state index contributed by atoms with van der Waals surface area (Å²) >= 11 is 0. The van der Waals surface area contributed by atoms with Crippen LogP contribution in [0.25, 0.3) is 22.6 Å². The van der Waals surface area contributed by atoms with Gasteiger partial charge >= 0.3 is 0 Å². The van der Waals surface area contributed by atoms with Crippen molar-refractivity contribution >= 4 is 31.1 Å². The van der Waals surface area contributed by atoms with Crippen LogP contribution in [-0.4, -0.2) is 21.8 Å². The largest absolute Gasteiger partial charge is 0.436 e. The van der Waals surface area contributed by atoms with Crippen LogP contribution >= 0.6 is 0 Å². The zero-order valence-electron chi connectivity index (χ0n) is 11.5. The van der Waals surface area contributed by atoms with Crippen molar-refractivity contribution in [1.29, 1.82) is 0 Å². The molecule has 1 aromatic heterocycles. The molecule has 23 heavy (non-hydrogen) atoms. The molecular weight excluding hydrogens is 342 g/mol. The standard InChI is InChI=1S/C13H11N3O5S2/c14-22(17,18)10-7-6-9-11(12(10)23(15,19)20)16-13(21-9)8-4-2-1-3-5-8/h1-7H,(H2,14,17,18)(H2,15,19,20). The van der Waals surface area contributed by atoms with E-state index in [4.69, 9.17) is 14.7 Å². The van der Waals surface area contributed by atoms with Crippen LogP contribution in [0, 0.1) is 0 Å². The second-order valence-electron chi connectivity index (χ2n) is 4.71. The number of nitrogens with two attached hydrogens (primary N) is 2. The molecule has 0 radical (unpaired) electrons. The normalized spacial score (nSPS) is 12.6. The van der Waals surface area contributed by atoms with Crippen LogP contribution in [-0.2, 0) is 20.0 Å². The molecule has 0 bridgehead atoms. The van der Waals surface area contributed by atoms with Crippen molar-refractivity contribution in [2.24, 2.45) is 10.3 Å². The predicted molar refractivity (Wildman–Crippen MR) is 82.2 cm³/mol. The van der Waals surface area contributed by atoms with E-state index in [9.17, 15) is 16.8 Å². The summed E-state index contributed by atoms with van der Waals surface area (Å²) in [5.41, 5.74) is 0.499. The monoisotopic (exact) mass is 353 g/mol. The van der Waals surface area contributed by atoms with E-state index in [2.05, 4.69) is 4.98 Å². The Kier molecular flexibility index (Phi) is 3.48. The lowest BCUT2D eigenvalue weighted by Gasteiger charge is -2.05. The van der Waals surface area contributed by atoms with Crippen molar-refractivity contribution in [3.8, 4) is 11.5 Å². The highest BCUT2D eigenvalue weighted by Gasteiger charge is 2.27. The molecule has 0 spiro atoms. The molecule has 0 saturated carbocycles. The molecule has 3 aromatic rings. The van der Waals surface area contributed by atoms with Gasteiger partial charge in [0.05, 0.1) is 0 Å². The molecule has 0 aliphatic rings. The van der Waals surface area contributed by atoms with Crippen molar-refractivity contribution in [2.45, 2.75) is 9.79 Å². The third-order valence-electron chi connectivity index (χ3n) is 3.09. The van der Waals surface area contributed by atoms with Crippen molar-refractivity contribution < 1.29 is 21.3 Å². The number of nitrogens with zero attached hydrogens (tertiary/aromatic N) is 1. The highest BCUT2D eigenvalue weighted by atomic mass is 32.2. The summed E-state index contributed by atoms with van der Waals surface area (Å²) in [6.45, 7) is 0. The predicted octanol–water partition coefficient (Wildman–Crippen LogP) is 0.790. The van der Waals surface area contributed by atoms with Gasteiger partial charge in [0, 0.05) is 5.56 Å². The van der Waals surface area contributed by atoms with Crippen LogP contribution in [0.4, 0.5) is 0 Å². The second kappa shape index (κ2) is 5.13. The molecule has 8 nitrogen and oxygen atoms in total. The van der Waals surface area contributed by atoms with Crippen LogP contribution in [0.15, 0.2) is 56.7 Å².